The Morgan fingerprint density at radius 3 is 2.17 bits per heavy atom. The molecule has 0 fully saturated rings. The van der Waals surface area contributed by atoms with Gasteiger partial charge in [0, 0.05) is 37.7 Å². The Kier molecular flexibility index (Phi) is 3.68. The molecule has 0 saturated carbocycles. The molecule has 0 aliphatic rings. The molecule has 6 aromatic carbocycles. The van der Waals surface area contributed by atoms with Crippen LogP contribution in [0, 0.1) is 0 Å². The molecule has 0 unspecified atom stereocenters. The number of hydrogen-bond donors (Lipinski definition) is 0. The van der Waals surface area contributed by atoms with Gasteiger partial charge < -0.3 is 4.42 Å². The lowest BCUT2D eigenvalue weighted by atomic mass is 9.95. The molecule has 0 N–H and O–H groups in total. The third kappa shape index (κ3) is 2.52. The molecular weight excluding hydrogens is 488 g/mol. The van der Waals surface area contributed by atoms with Crippen molar-refractivity contribution < 1.29 is 4.42 Å². The minimum absolute atomic E-state index is 0.914. The van der Waals surface area contributed by atoms with E-state index in [2.05, 4.69) is 114 Å². The number of aromatic nitrogens is 2. The number of pyridine rings is 1. The van der Waals surface area contributed by atoms with E-state index >= 15 is 0 Å². The van der Waals surface area contributed by atoms with Crippen molar-refractivity contribution in [2.75, 3.05) is 0 Å². The summed E-state index contributed by atoms with van der Waals surface area (Å²) in [5.41, 5.74) is 8.66. The number of benzene rings is 6. The van der Waals surface area contributed by atoms with Gasteiger partial charge in [0.05, 0.1) is 16.6 Å². The molecular formula is C37H20N2O. The first-order chi connectivity index (χ1) is 19.8. The predicted molar refractivity (Wildman–Crippen MR) is 167 cm³/mol. The van der Waals surface area contributed by atoms with Crippen LogP contribution in [0.3, 0.4) is 0 Å². The van der Waals surface area contributed by atoms with Gasteiger partial charge in [-0.25, -0.2) is 4.98 Å². The molecule has 0 saturated heterocycles. The SMILES string of the molecule is c1ccc2nc3c(cc2c1)c1cc(-c2cccc4ccccc24)cc2c4cc5oc6ccccc6c5cc4n3c21. The third-order valence-electron chi connectivity index (χ3n) is 8.67. The summed E-state index contributed by atoms with van der Waals surface area (Å²) in [5.74, 6) is 0. The van der Waals surface area contributed by atoms with Gasteiger partial charge in [0.1, 0.15) is 16.8 Å². The van der Waals surface area contributed by atoms with E-state index in [-0.39, 0.29) is 0 Å². The molecule has 3 heteroatoms. The molecule has 3 nitrogen and oxygen atoms in total. The van der Waals surface area contributed by atoms with Crippen LogP contribution in [0.4, 0.5) is 0 Å². The van der Waals surface area contributed by atoms with E-state index in [4.69, 9.17) is 9.40 Å². The predicted octanol–water partition coefficient (Wildman–Crippen LogP) is 10.1. The van der Waals surface area contributed by atoms with E-state index in [0.717, 1.165) is 44.0 Å². The quantitative estimate of drug-likeness (QED) is 0.221. The Morgan fingerprint density at radius 2 is 1.25 bits per heavy atom. The van der Waals surface area contributed by atoms with Crippen LogP contribution in [-0.2, 0) is 0 Å². The maximum Gasteiger partial charge on any atom is 0.146 e. The highest BCUT2D eigenvalue weighted by Gasteiger charge is 2.22. The summed E-state index contributed by atoms with van der Waals surface area (Å²) in [6.07, 6.45) is 0. The molecule has 0 spiro atoms. The minimum atomic E-state index is 0.914. The van der Waals surface area contributed by atoms with Crippen molar-refractivity contribution in [1.29, 1.82) is 0 Å². The summed E-state index contributed by atoms with van der Waals surface area (Å²) in [4.78, 5) is 5.24. The maximum atomic E-state index is 6.34. The lowest BCUT2D eigenvalue weighted by molar-refractivity contribution is 0.669. The van der Waals surface area contributed by atoms with Gasteiger partial charge in [-0.05, 0) is 64.4 Å². The van der Waals surface area contributed by atoms with Gasteiger partial charge in [-0.1, -0.05) is 78.9 Å². The van der Waals surface area contributed by atoms with Gasteiger partial charge in [-0.3, -0.25) is 4.40 Å². The molecule has 0 aliphatic heterocycles. The monoisotopic (exact) mass is 508 g/mol. The second-order valence-electron chi connectivity index (χ2n) is 10.8. The highest BCUT2D eigenvalue weighted by molar-refractivity contribution is 6.27. The van der Waals surface area contributed by atoms with Crippen molar-refractivity contribution in [3.8, 4) is 11.1 Å². The summed E-state index contributed by atoms with van der Waals surface area (Å²) in [7, 11) is 0. The van der Waals surface area contributed by atoms with Crippen LogP contribution in [0.1, 0.15) is 0 Å². The van der Waals surface area contributed by atoms with E-state index in [9.17, 15) is 0 Å². The summed E-state index contributed by atoms with van der Waals surface area (Å²) in [6.45, 7) is 0. The van der Waals surface area contributed by atoms with Crippen LogP contribution in [0.5, 0.6) is 0 Å². The first-order valence-corrected chi connectivity index (χ1v) is 13.6. The van der Waals surface area contributed by atoms with Crippen LogP contribution >= 0.6 is 0 Å². The van der Waals surface area contributed by atoms with Gasteiger partial charge in [-0.2, -0.15) is 0 Å². The normalized spacial score (nSPS) is 12.5. The van der Waals surface area contributed by atoms with Crippen LogP contribution in [0.25, 0.3) is 93.0 Å². The summed E-state index contributed by atoms with van der Waals surface area (Å²) < 4.78 is 8.71. The topological polar surface area (TPSA) is 30.4 Å². The van der Waals surface area contributed by atoms with Crippen LogP contribution in [0.15, 0.2) is 126 Å². The Morgan fingerprint density at radius 1 is 0.500 bits per heavy atom. The fourth-order valence-corrected chi connectivity index (χ4v) is 6.89. The van der Waals surface area contributed by atoms with Crippen molar-refractivity contribution in [2.45, 2.75) is 0 Å². The Labute approximate surface area is 227 Å². The van der Waals surface area contributed by atoms with Crippen molar-refractivity contribution >= 4 is 81.8 Å². The average Bonchev–Trinajstić information content (AvgIpc) is 3.64. The van der Waals surface area contributed by atoms with Crippen molar-refractivity contribution in [2.24, 2.45) is 0 Å². The fraction of sp³-hybridized carbons (Fsp3) is 0. The first kappa shape index (κ1) is 20.5. The Bertz CT molecular complexity index is 2650. The third-order valence-corrected chi connectivity index (χ3v) is 8.67. The molecule has 4 heterocycles. The average molecular weight is 509 g/mol. The molecule has 40 heavy (non-hydrogen) atoms. The van der Waals surface area contributed by atoms with Crippen molar-refractivity contribution in [3.05, 3.63) is 121 Å². The van der Waals surface area contributed by atoms with E-state index in [1.54, 1.807) is 0 Å². The highest BCUT2D eigenvalue weighted by Crippen LogP contribution is 2.44. The molecule has 0 bridgehead atoms. The van der Waals surface area contributed by atoms with Crippen LogP contribution in [-0.4, -0.2) is 9.38 Å². The molecule has 4 aromatic heterocycles. The number of nitrogens with zero attached hydrogens (tertiary/aromatic N) is 2. The highest BCUT2D eigenvalue weighted by atomic mass is 16.3. The molecule has 0 aliphatic carbocycles. The number of rotatable bonds is 1. The number of fused-ring (bicyclic) bond motifs is 11. The molecule has 0 radical (unpaired) electrons. The summed E-state index contributed by atoms with van der Waals surface area (Å²) in [5, 5.41) is 10.7. The minimum Gasteiger partial charge on any atom is -0.456 e. The van der Waals surface area contributed by atoms with Gasteiger partial charge in [0.25, 0.3) is 0 Å². The number of furan rings is 1. The molecule has 0 atom stereocenters. The fourth-order valence-electron chi connectivity index (χ4n) is 6.89. The standard InChI is InChI=1S/C37H20N2O/c1-3-11-24-21(8-1)10-7-13-25(24)23-17-29-27-20-35-28(26-12-4-6-15-34(26)40-35)19-33(27)39-36(29)30(18-23)31-16-22-9-2-5-14-32(22)38-37(31)39/h1-20H. The lowest BCUT2D eigenvalue weighted by Gasteiger charge is -2.08. The van der Waals surface area contributed by atoms with Gasteiger partial charge in [0.2, 0.25) is 0 Å². The first-order valence-electron chi connectivity index (χ1n) is 13.6. The second-order valence-corrected chi connectivity index (χ2v) is 10.8. The zero-order valence-corrected chi connectivity index (χ0v) is 21.3. The van der Waals surface area contributed by atoms with E-state index in [0.29, 0.717) is 0 Å². The largest absolute Gasteiger partial charge is 0.456 e. The Balaban J connectivity index is 1.45. The molecule has 0 amide bonds. The number of hydrogen-bond acceptors (Lipinski definition) is 2. The molecule has 10 rings (SSSR count). The van der Waals surface area contributed by atoms with Crippen LogP contribution in [0.2, 0.25) is 0 Å². The molecule has 184 valence electrons. The van der Waals surface area contributed by atoms with Gasteiger partial charge in [0.15, 0.2) is 0 Å². The number of para-hydroxylation sites is 2. The van der Waals surface area contributed by atoms with Gasteiger partial charge >= 0.3 is 0 Å². The van der Waals surface area contributed by atoms with Gasteiger partial charge in [-0.15, -0.1) is 0 Å². The van der Waals surface area contributed by atoms with Crippen molar-refractivity contribution in [1.82, 2.24) is 9.38 Å². The molecule has 10 aromatic rings. The zero-order valence-electron chi connectivity index (χ0n) is 21.3. The van der Waals surface area contributed by atoms with E-state index in [1.165, 1.54) is 49.0 Å². The maximum absolute atomic E-state index is 6.34. The Hall–Kier alpha value is -5.41. The van der Waals surface area contributed by atoms with Crippen molar-refractivity contribution in [3.63, 3.8) is 0 Å². The lowest BCUT2D eigenvalue weighted by Crippen LogP contribution is -1.86. The van der Waals surface area contributed by atoms with E-state index < -0.39 is 0 Å². The zero-order chi connectivity index (χ0) is 25.9. The van der Waals surface area contributed by atoms with E-state index in [1.807, 2.05) is 12.1 Å². The van der Waals surface area contributed by atoms with Crippen LogP contribution < -0.4 is 0 Å². The smallest absolute Gasteiger partial charge is 0.146 e. The summed E-state index contributed by atoms with van der Waals surface area (Å²) >= 11 is 0. The summed E-state index contributed by atoms with van der Waals surface area (Å²) in [6, 6.07) is 43.5. The second kappa shape index (κ2) is 7.16.